The Morgan fingerprint density at radius 1 is 0.378 bits per heavy atom. The normalized spacial score (nSPS) is 11.8. The Labute approximate surface area is 219 Å². The van der Waals surface area contributed by atoms with Crippen molar-refractivity contribution in [1.82, 2.24) is 0 Å². The van der Waals surface area contributed by atoms with Gasteiger partial charge >= 0.3 is 0 Å². The molecule has 0 aliphatic carbocycles. The molecule has 8 rings (SSSR count). The smallest absolute Gasteiger partial charge is 0.0434 e. The third-order valence-electron chi connectivity index (χ3n) is 7.64. The Hall–Kier alpha value is -4.46. The van der Waals surface area contributed by atoms with Crippen LogP contribution >= 0.6 is 11.3 Å². The maximum absolute atomic E-state index is 2.43. The van der Waals surface area contributed by atoms with Gasteiger partial charge in [0, 0.05) is 25.7 Å². The molecule has 0 amide bonds. The molecule has 37 heavy (non-hydrogen) atoms. The molecule has 0 spiro atoms. The zero-order chi connectivity index (χ0) is 24.3. The number of fused-ring (bicyclic) bond motifs is 8. The summed E-state index contributed by atoms with van der Waals surface area (Å²) in [7, 11) is 0. The molecule has 1 heteroatoms. The van der Waals surface area contributed by atoms with Gasteiger partial charge in [-0.3, -0.25) is 0 Å². The van der Waals surface area contributed by atoms with E-state index in [9.17, 15) is 0 Å². The molecule has 0 nitrogen and oxygen atoms in total. The molecule has 1 aromatic heterocycles. The number of thiophene rings is 1. The Bertz CT molecular complexity index is 2130. The van der Waals surface area contributed by atoms with Gasteiger partial charge in [-0.1, -0.05) is 115 Å². The highest BCUT2D eigenvalue weighted by Crippen LogP contribution is 2.45. The minimum absolute atomic E-state index is 1.25. The van der Waals surface area contributed by atoms with E-state index in [2.05, 4.69) is 133 Å². The first kappa shape index (κ1) is 20.7. The zero-order valence-electron chi connectivity index (χ0n) is 20.1. The summed E-state index contributed by atoms with van der Waals surface area (Å²) in [5, 5.41) is 10.5. The van der Waals surface area contributed by atoms with Crippen LogP contribution in [-0.2, 0) is 0 Å². The maximum Gasteiger partial charge on any atom is 0.0434 e. The third-order valence-corrected chi connectivity index (χ3v) is 8.86. The summed E-state index contributed by atoms with van der Waals surface area (Å²) in [6.45, 7) is 0. The lowest BCUT2D eigenvalue weighted by molar-refractivity contribution is 1.67. The average molecular weight is 487 g/mol. The van der Waals surface area contributed by atoms with E-state index < -0.39 is 0 Å². The third kappa shape index (κ3) is 3.08. The van der Waals surface area contributed by atoms with Gasteiger partial charge in [0.1, 0.15) is 0 Å². The molecular weight excluding hydrogens is 464 g/mol. The molecule has 0 aliphatic heterocycles. The first-order valence-corrected chi connectivity index (χ1v) is 13.5. The van der Waals surface area contributed by atoms with E-state index in [1.54, 1.807) is 0 Å². The molecule has 0 unspecified atom stereocenters. The second-order valence-corrected chi connectivity index (χ2v) is 10.7. The maximum atomic E-state index is 2.43. The van der Waals surface area contributed by atoms with Gasteiger partial charge in [-0.15, -0.1) is 11.3 Å². The summed E-state index contributed by atoms with van der Waals surface area (Å²) in [5.41, 5.74) is 5.15. The number of rotatable bonds is 2. The fourth-order valence-corrected chi connectivity index (χ4v) is 7.25. The van der Waals surface area contributed by atoms with Crippen LogP contribution in [0.1, 0.15) is 0 Å². The van der Waals surface area contributed by atoms with Crippen LogP contribution in [0.5, 0.6) is 0 Å². The lowest BCUT2D eigenvalue weighted by Gasteiger charge is -2.16. The molecular formula is C36H22S. The minimum Gasteiger partial charge on any atom is -0.135 e. The van der Waals surface area contributed by atoms with Gasteiger partial charge in [0.25, 0.3) is 0 Å². The van der Waals surface area contributed by atoms with Crippen molar-refractivity contribution in [1.29, 1.82) is 0 Å². The van der Waals surface area contributed by atoms with E-state index in [-0.39, 0.29) is 0 Å². The van der Waals surface area contributed by atoms with Crippen molar-refractivity contribution in [3.8, 4) is 22.3 Å². The summed E-state index contributed by atoms with van der Waals surface area (Å²) in [4.78, 5) is 0. The van der Waals surface area contributed by atoms with Crippen LogP contribution in [0.25, 0.3) is 74.7 Å². The Morgan fingerprint density at radius 3 is 1.70 bits per heavy atom. The van der Waals surface area contributed by atoms with Gasteiger partial charge in [-0.05, 0) is 67.2 Å². The van der Waals surface area contributed by atoms with Crippen molar-refractivity contribution in [3.05, 3.63) is 133 Å². The Balaban J connectivity index is 1.54. The molecule has 0 aliphatic rings. The summed E-state index contributed by atoms with van der Waals surface area (Å²) in [6, 6.07) is 48.9. The first-order valence-electron chi connectivity index (χ1n) is 12.7. The van der Waals surface area contributed by atoms with Gasteiger partial charge in [-0.25, -0.2) is 0 Å². The minimum atomic E-state index is 1.25. The molecule has 0 saturated carbocycles. The first-order chi connectivity index (χ1) is 18.4. The summed E-state index contributed by atoms with van der Waals surface area (Å²) in [5.74, 6) is 0. The number of hydrogen-bond acceptors (Lipinski definition) is 1. The summed E-state index contributed by atoms with van der Waals surface area (Å²) >= 11 is 1.90. The lowest BCUT2D eigenvalue weighted by Crippen LogP contribution is -1.89. The highest BCUT2D eigenvalue weighted by atomic mass is 32.1. The van der Waals surface area contributed by atoms with E-state index in [1.807, 2.05) is 11.3 Å². The van der Waals surface area contributed by atoms with Crippen molar-refractivity contribution in [2.45, 2.75) is 0 Å². The monoisotopic (exact) mass is 486 g/mol. The van der Waals surface area contributed by atoms with Crippen molar-refractivity contribution in [3.63, 3.8) is 0 Å². The lowest BCUT2D eigenvalue weighted by atomic mass is 9.87. The van der Waals surface area contributed by atoms with Crippen molar-refractivity contribution < 1.29 is 0 Å². The topological polar surface area (TPSA) is 0 Å². The SMILES string of the molecule is c1ccc(-c2cc3cc(-c4cccc5c4sc4ccccc45)c4ccccc4c3c3ccccc23)cc1. The molecule has 0 saturated heterocycles. The summed E-state index contributed by atoms with van der Waals surface area (Å²) in [6.07, 6.45) is 0. The Morgan fingerprint density at radius 2 is 0.946 bits per heavy atom. The van der Waals surface area contributed by atoms with E-state index >= 15 is 0 Å². The van der Waals surface area contributed by atoms with Crippen LogP contribution < -0.4 is 0 Å². The fraction of sp³-hybridized carbons (Fsp3) is 0. The second-order valence-electron chi connectivity index (χ2n) is 9.68. The van der Waals surface area contributed by atoms with E-state index in [4.69, 9.17) is 0 Å². The molecule has 7 aromatic carbocycles. The van der Waals surface area contributed by atoms with Gasteiger partial charge in [-0.2, -0.15) is 0 Å². The molecule has 0 fully saturated rings. The molecule has 0 radical (unpaired) electrons. The van der Waals surface area contributed by atoms with Crippen LogP contribution in [0, 0.1) is 0 Å². The highest BCUT2D eigenvalue weighted by Gasteiger charge is 2.16. The van der Waals surface area contributed by atoms with Crippen LogP contribution in [-0.4, -0.2) is 0 Å². The largest absolute Gasteiger partial charge is 0.135 e. The second kappa shape index (κ2) is 8.03. The molecule has 0 atom stereocenters. The van der Waals surface area contributed by atoms with Gasteiger partial charge in [0.05, 0.1) is 0 Å². The predicted molar refractivity (Wildman–Crippen MR) is 163 cm³/mol. The number of benzene rings is 7. The molecule has 172 valence electrons. The van der Waals surface area contributed by atoms with Crippen LogP contribution in [0.2, 0.25) is 0 Å². The molecule has 0 N–H and O–H groups in total. The van der Waals surface area contributed by atoms with Crippen LogP contribution in [0.4, 0.5) is 0 Å². The standard InChI is InChI=1S/C36H22S/c1-2-11-23(12-3-1)32-21-24-22-33(31-19-10-18-30-27-15-8-9-20-34(27)37-36(30)31)26-14-5-7-17-29(26)35(24)28-16-6-4-13-25(28)32/h1-22H. The highest BCUT2D eigenvalue weighted by molar-refractivity contribution is 7.26. The van der Waals surface area contributed by atoms with Crippen LogP contribution in [0.3, 0.4) is 0 Å². The molecule has 8 aromatic rings. The van der Waals surface area contributed by atoms with E-state index in [0.717, 1.165) is 0 Å². The van der Waals surface area contributed by atoms with Gasteiger partial charge in [0.2, 0.25) is 0 Å². The number of hydrogen-bond donors (Lipinski definition) is 0. The molecule has 0 bridgehead atoms. The summed E-state index contributed by atoms with van der Waals surface area (Å²) < 4.78 is 2.70. The van der Waals surface area contributed by atoms with E-state index in [0.29, 0.717) is 0 Å². The van der Waals surface area contributed by atoms with Crippen molar-refractivity contribution >= 4 is 63.8 Å². The Kier molecular flexibility index (Phi) is 4.49. The van der Waals surface area contributed by atoms with Crippen molar-refractivity contribution in [2.75, 3.05) is 0 Å². The predicted octanol–water partition coefficient (Wildman–Crippen LogP) is 10.8. The quantitative estimate of drug-likeness (QED) is 0.213. The zero-order valence-corrected chi connectivity index (χ0v) is 20.9. The van der Waals surface area contributed by atoms with Crippen LogP contribution in [0.15, 0.2) is 133 Å². The fourth-order valence-electron chi connectivity index (χ4n) is 6.02. The average Bonchev–Trinajstić information content (AvgIpc) is 3.36. The molecule has 1 heterocycles. The van der Waals surface area contributed by atoms with E-state index in [1.165, 1.54) is 74.7 Å². The van der Waals surface area contributed by atoms with Gasteiger partial charge in [0.15, 0.2) is 0 Å². The van der Waals surface area contributed by atoms with Crippen molar-refractivity contribution in [2.24, 2.45) is 0 Å². The van der Waals surface area contributed by atoms with Gasteiger partial charge < -0.3 is 0 Å².